The van der Waals surface area contributed by atoms with Crippen molar-refractivity contribution in [3.8, 4) is 0 Å². The van der Waals surface area contributed by atoms with Crippen molar-refractivity contribution in [2.24, 2.45) is 5.92 Å². The second-order valence-corrected chi connectivity index (χ2v) is 13.6. The van der Waals surface area contributed by atoms with Crippen LogP contribution in [0.1, 0.15) is 49.3 Å². The highest BCUT2D eigenvalue weighted by atomic mass is 28.3. The van der Waals surface area contributed by atoms with Crippen LogP contribution in [0.5, 0.6) is 0 Å². The molecule has 25 heavy (non-hydrogen) atoms. The molecular formula is C23H34OSi. The number of benzene rings is 2. The first kappa shape index (κ1) is 19.9. The van der Waals surface area contributed by atoms with Gasteiger partial charge in [0.05, 0.1) is 14.2 Å². The standard InChI is InChI=1S/C23H34OSi/c1-6-18(7-2)22(24)21(19-14-10-8-11-15-19)23(25(3,4)5)20-16-12-9-13-17-20/h8-18,21-24H,6-7H2,1-5H3. The number of aliphatic hydroxyl groups is 1. The van der Waals surface area contributed by atoms with Gasteiger partial charge in [-0.1, -0.05) is 107 Å². The topological polar surface area (TPSA) is 20.2 Å². The van der Waals surface area contributed by atoms with Gasteiger partial charge in [0, 0.05) is 5.92 Å². The van der Waals surface area contributed by atoms with E-state index in [0.717, 1.165) is 12.8 Å². The van der Waals surface area contributed by atoms with E-state index in [9.17, 15) is 5.11 Å². The largest absolute Gasteiger partial charge is 0.392 e. The summed E-state index contributed by atoms with van der Waals surface area (Å²) in [5.41, 5.74) is 3.05. The Labute approximate surface area is 155 Å². The maximum absolute atomic E-state index is 11.4. The van der Waals surface area contributed by atoms with Crippen LogP contribution in [0, 0.1) is 5.92 Å². The normalized spacial score (nSPS) is 15.8. The van der Waals surface area contributed by atoms with Crippen LogP contribution in [0.3, 0.4) is 0 Å². The lowest BCUT2D eigenvalue weighted by Crippen LogP contribution is -2.42. The van der Waals surface area contributed by atoms with Crippen molar-refractivity contribution in [2.75, 3.05) is 0 Å². The Bertz CT molecular complexity index is 614. The number of hydrogen-bond donors (Lipinski definition) is 1. The summed E-state index contributed by atoms with van der Waals surface area (Å²) in [5.74, 6) is 0.493. The molecule has 0 aliphatic rings. The van der Waals surface area contributed by atoms with Gasteiger partial charge in [-0.15, -0.1) is 0 Å². The molecule has 2 heteroatoms. The highest BCUT2D eigenvalue weighted by molar-refractivity contribution is 6.77. The van der Waals surface area contributed by atoms with Crippen LogP contribution in [0.2, 0.25) is 19.6 Å². The van der Waals surface area contributed by atoms with Gasteiger partial charge in [-0.3, -0.25) is 0 Å². The molecule has 2 rings (SSSR count). The summed E-state index contributed by atoms with van der Waals surface area (Å²) in [6.45, 7) is 11.7. The molecule has 0 radical (unpaired) electrons. The van der Waals surface area contributed by atoms with Crippen LogP contribution >= 0.6 is 0 Å². The molecule has 0 bridgehead atoms. The lowest BCUT2D eigenvalue weighted by Gasteiger charge is -2.41. The molecule has 0 aromatic heterocycles. The van der Waals surface area contributed by atoms with E-state index in [1.165, 1.54) is 11.1 Å². The SMILES string of the molecule is CCC(CC)C(O)C(c1ccccc1)C(c1ccccc1)[Si](C)(C)C. The van der Waals surface area contributed by atoms with E-state index >= 15 is 0 Å². The zero-order chi connectivity index (χ0) is 18.4. The predicted octanol–water partition coefficient (Wildman–Crippen LogP) is 6.23. The molecule has 0 saturated carbocycles. The molecule has 0 amide bonds. The molecule has 0 fully saturated rings. The summed E-state index contributed by atoms with van der Waals surface area (Å²) in [5, 5.41) is 11.4. The molecule has 1 N–H and O–H groups in total. The molecular weight excluding hydrogens is 320 g/mol. The lowest BCUT2D eigenvalue weighted by molar-refractivity contribution is 0.0727. The lowest BCUT2D eigenvalue weighted by atomic mass is 9.79. The maximum atomic E-state index is 11.4. The highest BCUT2D eigenvalue weighted by Crippen LogP contribution is 2.44. The van der Waals surface area contributed by atoms with Gasteiger partial charge in [0.25, 0.3) is 0 Å². The number of aliphatic hydroxyl groups excluding tert-OH is 1. The summed E-state index contributed by atoms with van der Waals surface area (Å²) in [6, 6.07) is 21.5. The van der Waals surface area contributed by atoms with Gasteiger partial charge < -0.3 is 5.11 Å². The average molecular weight is 355 g/mol. The van der Waals surface area contributed by atoms with E-state index in [2.05, 4.69) is 94.2 Å². The van der Waals surface area contributed by atoms with E-state index in [0.29, 0.717) is 11.5 Å². The molecule has 3 atom stereocenters. The van der Waals surface area contributed by atoms with Crippen LogP contribution in [-0.4, -0.2) is 19.3 Å². The summed E-state index contributed by atoms with van der Waals surface area (Å²) < 4.78 is 0. The third-order valence-electron chi connectivity index (χ3n) is 5.53. The van der Waals surface area contributed by atoms with Crippen molar-refractivity contribution in [1.82, 2.24) is 0 Å². The Hall–Kier alpha value is -1.38. The van der Waals surface area contributed by atoms with Crippen molar-refractivity contribution in [1.29, 1.82) is 0 Å². The summed E-state index contributed by atoms with van der Waals surface area (Å²) in [4.78, 5) is 0. The van der Waals surface area contributed by atoms with E-state index in [-0.39, 0.29) is 12.0 Å². The average Bonchev–Trinajstić information content (AvgIpc) is 2.61. The van der Waals surface area contributed by atoms with E-state index < -0.39 is 8.07 Å². The summed E-state index contributed by atoms with van der Waals surface area (Å²) in [6.07, 6.45) is 1.73. The zero-order valence-corrected chi connectivity index (χ0v) is 17.4. The smallest absolute Gasteiger partial charge is 0.0639 e. The third-order valence-corrected chi connectivity index (χ3v) is 8.09. The van der Waals surface area contributed by atoms with E-state index in [4.69, 9.17) is 0 Å². The summed E-state index contributed by atoms with van der Waals surface area (Å²) in [7, 11) is -1.57. The first-order chi connectivity index (χ1) is 11.9. The van der Waals surface area contributed by atoms with Gasteiger partial charge >= 0.3 is 0 Å². The van der Waals surface area contributed by atoms with Crippen molar-refractivity contribution < 1.29 is 5.11 Å². The molecule has 0 saturated heterocycles. The van der Waals surface area contributed by atoms with Crippen LogP contribution < -0.4 is 0 Å². The van der Waals surface area contributed by atoms with Crippen molar-refractivity contribution in [3.05, 3.63) is 71.8 Å². The second-order valence-electron chi connectivity index (χ2n) is 8.26. The monoisotopic (exact) mass is 354 g/mol. The van der Waals surface area contributed by atoms with E-state index in [1.54, 1.807) is 0 Å². The maximum Gasteiger partial charge on any atom is 0.0639 e. The van der Waals surface area contributed by atoms with Gasteiger partial charge in [0.15, 0.2) is 0 Å². The fraction of sp³-hybridized carbons (Fsp3) is 0.478. The van der Waals surface area contributed by atoms with Crippen molar-refractivity contribution in [2.45, 2.75) is 63.9 Å². The fourth-order valence-corrected chi connectivity index (χ4v) is 6.89. The Morgan fingerprint density at radius 3 is 1.60 bits per heavy atom. The minimum absolute atomic E-state index is 0.153. The van der Waals surface area contributed by atoms with Gasteiger partial charge in [-0.05, 0) is 22.6 Å². The van der Waals surface area contributed by atoms with Gasteiger partial charge in [0.1, 0.15) is 0 Å². The minimum Gasteiger partial charge on any atom is -0.392 e. The first-order valence-electron chi connectivity index (χ1n) is 9.68. The van der Waals surface area contributed by atoms with Crippen LogP contribution in [0.4, 0.5) is 0 Å². The first-order valence-corrected chi connectivity index (χ1v) is 13.3. The van der Waals surface area contributed by atoms with Crippen LogP contribution in [0.25, 0.3) is 0 Å². The molecule has 2 aromatic rings. The molecule has 3 unspecified atom stereocenters. The molecule has 0 spiro atoms. The van der Waals surface area contributed by atoms with Crippen molar-refractivity contribution in [3.63, 3.8) is 0 Å². The van der Waals surface area contributed by atoms with E-state index in [1.807, 2.05) is 0 Å². The minimum atomic E-state index is -1.57. The molecule has 136 valence electrons. The molecule has 2 aromatic carbocycles. The second kappa shape index (κ2) is 8.82. The third kappa shape index (κ3) is 4.83. The Balaban J connectivity index is 2.58. The van der Waals surface area contributed by atoms with Crippen LogP contribution in [0.15, 0.2) is 60.7 Å². The molecule has 0 heterocycles. The highest BCUT2D eigenvalue weighted by Gasteiger charge is 2.41. The predicted molar refractivity (Wildman–Crippen MR) is 112 cm³/mol. The Kier molecular flexibility index (Phi) is 7.03. The fourth-order valence-electron chi connectivity index (χ4n) is 4.23. The van der Waals surface area contributed by atoms with Gasteiger partial charge in [-0.2, -0.15) is 0 Å². The Morgan fingerprint density at radius 1 is 0.760 bits per heavy atom. The number of rotatable bonds is 8. The summed E-state index contributed by atoms with van der Waals surface area (Å²) >= 11 is 0. The molecule has 1 nitrogen and oxygen atoms in total. The molecule has 0 aliphatic carbocycles. The Morgan fingerprint density at radius 2 is 1.20 bits per heavy atom. The number of hydrogen-bond acceptors (Lipinski definition) is 1. The quantitative estimate of drug-likeness (QED) is 0.557. The molecule has 0 aliphatic heterocycles. The van der Waals surface area contributed by atoms with Crippen LogP contribution in [-0.2, 0) is 0 Å². The van der Waals surface area contributed by atoms with Crippen molar-refractivity contribution >= 4 is 8.07 Å². The zero-order valence-electron chi connectivity index (χ0n) is 16.4. The van der Waals surface area contributed by atoms with Gasteiger partial charge in [0.2, 0.25) is 0 Å². The van der Waals surface area contributed by atoms with Gasteiger partial charge in [-0.25, -0.2) is 0 Å².